The second-order valence-corrected chi connectivity index (χ2v) is 4.43. The van der Waals surface area contributed by atoms with Gasteiger partial charge in [-0.25, -0.2) is 4.39 Å². The Balaban J connectivity index is 3.11. The fourth-order valence-corrected chi connectivity index (χ4v) is 1.74. The summed E-state index contributed by atoms with van der Waals surface area (Å²) >= 11 is 5.76. The highest BCUT2D eigenvalue weighted by Gasteiger charge is 2.17. The van der Waals surface area contributed by atoms with Crippen LogP contribution in [0.1, 0.15) is 23.6 Å². The third kappa shape index (κ3) is 2.53. The molecule has 0 spiro atoms. The van der Waals surface area contributed by atoms with Crippen molar-refractivity contribution in [3.05, 3.63) is 33.6 Å². The molecular weight excluding hydrogens is 231 g/mol. The van der Waals surface area contributed by atoms with E-state index in [9.17, 15) is 9.18 Å². The average Bonchev–Trinajstić information content (AvgIpc) is 2.22. The van der Waals surface area contributed by atoms with E-state index in [0.29, 0.717) is 23.1 Å². The Labute approximate surface area is 99.0 Å². The van der Waals surface area contributed by atoms with Crippen LogP contribution in [0.15, 0.2) is 6.07 Å². The highest BCUT2D eigenvalue weighted by atomic mass is 35.5. The van der Waals surface area contributed by atoms with Crippen LogP contribution in [0.2, 0.25) is 5.02 Å². The normalized spacial score (nSPS) is 12.6. The third-order valence-electron chi connectivity index (χ3n) is 2.69. The zero-order valence-corrected chi connectivity index (χ0v) is 10.2. The van der Waals surface area contributed by atoms with Crippen LogP contribution in [0.25, 0.3) is 0 Å². The fourth-order valence-electron chi connectivity index (χ4n) is 1.54. The van der Waals surface area contributed by atoms with Crippen LogP contribution in [0.3, 0.4) is 0 Å². The van der Waals surface area contributed by atoms with Crippen LogP contribution in [0.5, 0.6) is 0 Å². The molecule has 2 nitrogen and oxygen atoms in total. The Kier molecular flexibility index (Phi) is 3.92. The SMILES string of the molecule is Cc1cc(CC(C)C(=O)O)c(C)c(F)c1Cl. The molecule has 1 aromatic rings. The molecule has 1 rings (SSSR count). The Morgan fingerprint density at radius 1 is 1.56 bits per heavy atom. The maximum atomic E-state index is 13.6. The van der Waals surface area contributed by atoms with E-state index in [4.69, 9.17) is 16.7 Å². The fraction of sp³-hybridized carbons (Fsp3) is 0.417. The molecule has 0 bridgehead atoms. The molecule has 88 valence electrons. The van der Waals surface area contributed by atoms with Crippen molar-refractivity contribution in [2.24, 2.45) is 5.92 Å². The first-order valence-corrected chi connectivity index (χ1v) is 5.39. The number of carbonyl (C=O) groups is 1. The number of aliphatic carboxylic acids is 1. The van der Waals surface area contributed by atoms with Gasteiger partial charge in [-0.2, -0.15) is 0 Å². The summed E-state index contributed by atoms with van der Waals surface area (Å²) in [4.78, 5) is 10.7. The van der Waals surface area contributed by atoms with Gasteiger partial charge in [-0.05, 0) is 37.0 Å². The van der Waals surface area contributed by atoms with Crippen molar-refractivity contribution in [2.45, 2.75) is 27.2 Å². The van der Waals surface area contributed by atoms with Gasteiger partial charge in [-0.3, -0.25) is 4.79 Å². The summed E-state index contributed by atoms with van der Waals surface area (Å²) < 4.78 is 13.6. The van der Waals surface area contributed by atoms with Crippen LogP contribution in [-0.2, 0) is 11.2 Å². The molecule has 0 aliphatic heterocycles. The van der Waals surface area contributed by atoms with E-state index >= 15 is 0 Å². The van der Waals surface area contributed by atoms with Crippen LogP contribution < -0.4 is 0 Å². The molecule has 1 N–H and O–H groups in total. The number of aryl methyl sites for hydroxylation is 1. The van der Waals surface area contributed by atoms with Gasteiger partial charge < -0.3 is 5.11 Å². The lowest BCUT2D eigenvalue weighted by Crippen LogP contribution is -2.13. The first-order chi connectivity index (χ1) is 7.34. The van der Waals surface area contributed by atoms with Crippen molar-refractivity contribution in [3.63, 3.8) is 0 Å². The molecule has 4 heteroatoms. The molecule has 0 aliphatic carbocycles. The summed E-state index contributed by atoms with van der Waals surface area (Å²) in [6, 6.07) is 1.75. The van der Waals surface area contributed by atoms with Gasteiger partial charge in [0.1, 0.15) is 5.82 Å². The topological polar surface area (TPSA) is 37.3 Å². The Hall–Kier alpha value is -1.09. The number of halogens is 2. The number of carboxylic acids is 1. The lowest BCUT2D eigenvalue weighted by Gasteiger charge is -2.12. The van der Waals surface area contributed by atoms with E-state index in [1.807, 2.05) is 0 Å². The molecule has 0 aromatic heterocycles. The summed E-state index contributed by atoms with van der Waals surface area (Å²) in [6.45, 7) is 4.92. The van der Waals surface area contributed by atoms with Gasteiger partial charge in [-0.15, -0.1) is 0 Å². The zero-order chi connectivity index (χ0) is 12.5. The number of rotatable bonds is 3. The average molecular weight is 245 g/mol. The minimum absolute atomic E-state index is 0.115. The van der Waals surface area contributed by atoms with Gasteiger partial charge in [-0.1, -0.05) is 24.6 Å². The smallest absolute Gasteiger partial charge is 0.306 e. The third-order valence-corrected chi connectivity index (χ3v) is 3.15. The maximum Gasteiger partial charge on any atom is 0.306 e. The molecule has 0 radical (unpaired) electrons. The van der Waals surface area contributed by atoms with Crippen LogP contribution >= 0.6 is 11.6 Å². The van der Waals surface area contributed by atoms with Crippen LogP contribution in [0, 0.1) is 25.6 Å². The molecule has 1 atom stereocenters. The number of benzene rings is 1. The summed E-state index contributed by atoms with van der Waals surface area (Å²) in [5.74, 6) is -1.86. The standard InChI is InChI=1S/C12H14ClFO2/c1-6-4-9(5-7(2)12(15)16)8(3)11(14)10(6)13/h4,7H,5H2,1-3H3,(H,15,16). The predicted molar refractivity (Wildman–Crippen MR) is 61.4 cm³/mol. The van der Waals surface area contributed by atoms with Gasteiger partial charge >= 0.3 is 5.97 Å². The highest BCUT2D eigenvalue weighted by molar-refractivity contribution is 6.31. The van der Waals surface area contributed by atoms with E-state index in [1.165, 1.54) is 0 Å². The molecule has 16 heavy (non-hydrogen) atoms. The minimum Gasteiger partial charge on any atom is -0.481 e. The van der Waals surface area contributed by atoms with Gasteiger partial charge in [0.15, 0.2) is 0 Å². The maximum absolute atomic E-state index is 13.6. The monoisotopic (exact) mass is 244 g/mol. The van der Waals surface area contributed by atoms with Crippen molar-refractivity contribution < 1.29 is 14.3 Å². The summed E-state index contributed by atoms with van der Waals surface area (Å²) in [5, 5.41) is 8.92. The van der Waals surface area contributed by atoms with Gasteiger partial charge in [0.2, 0.25) is 0 Å². The molecule has 0 fully saturated rings. The molecule has 1 unspecified atom stereocenters. The molecule has 0 saturated heterocycles. The molecule has 0 saturated carbocycles. The Bertz CT molecular complexity index is 430. The van der Waals surface area contributed by atoms with E-state index in [1.54, 1.807) is 26.8 Å². The Morgan fingerprint density at radius 2 is 2.12 bits per heavy atom. The second kappa shape index (κ2) is 4.83. The number of hydrogen-bond donors (Lipinski definition) is 1. The van der Waals surface area contributed by atoms with Crippen molar-refractivity contribution >= 4 is 17.6 Å². The highest BCUT2D eigenvalue weighted by Crippen LogP contribution is 2.26. The number of carboxylic acid groups (broad SMARTS) is 1. The van der Waals surface area contributed by atoms with Crippen molar-refractivity contribution in [3.8, 4) is 0 Å². The summed E-state index contributed by atoms with van der Waals surface area (Å²) in [7, 11) is 0. The first-order valence-electron chi connectivity index (χ1n) is 5.01. The van der Waals surface area contributed by atoms with E-state index in [-0.39, 0.29) is 5.02 Å². The van der Waals surface area contributed by atoms with Crippen molar-refractivity contribution in [1.82, 2.24) is 0 Å². The van der Waals surface area contributed by atoms with Gasteiger partial charge in [0, 0.05) is 0 Å². The molecule has 0 amide bonds. The summed E-state index contributed by atoms with van der Waals surface area (Å²) in [6.07, 6.45) is 0.316. The second-order valence-electron chi connectivity index (χ2n) is 4.05. The molecule has 0 aliphatic rings. The molecule has 0 heterocycles. The first kappa shape index (κ1) is 13.0. The molecular formula is C12H14ClFO2. The van der Waals surface area contributed by atoms with Crippen molar-refractivity contribution in [1.29, 1.82) is 0 Å². The minimum atomic E-state index is -0.882. The van der Waals surface area contributed by atoms with E-state index in [0.717, 1.165) is 0 Å². The zero-order valence-electron chi connectivity index (χ0n) is 9.47. The van der Waals surface area contributed by atoms with E-state index in [2.05, 4.69) is 0 Å². The van der Waals surface area contributed by atoms with Gasteiger partial charge in [0.25, 0.3) is 0 Å². The molecule has 1 aromatic carbocycles. The quantitative estimate of drug-likeness (QED) is 0.885. The van der Waals surface area contributed by atoms with E-state index < -0.39 is 17.7 Å². The van der Waals surface area contributed by atoms with Crippen LogP contribution in [-0.4, -0.2) is 11.1 Å². The lowest BCUT2D eigenvalue weighted by molar-refractivity contribution is -0.141. The van der Waals surface area contributed by atoms with Gasteiger partial charge in [0.05, 0.1) is 10.9 Å². The van der Waals surface area contributed by atoms with Crippen LogP contribution in [0.4, 0.5) is 4.39 Å². The Morgan fingerprint density at radius 3 is 2.62 bits per heavy atom. The predicted octanol–water partition coefficient (Wildman–Crippen LogP) is 3.36. The number of hydrogen-bond acceptors (Lipinski definition) is 1. The van der Waals surface area contributed by atoms with Crippen molar-refractivity contribution in [2.75, 3.05) is 0 Å². The largest absolute Gasteiger partial charge is 0.481 e. The lowest BCUT2D eigenvalue weighted by atomic mass is 9.95. The summed E-state index contributed by atoms with van der Waals surface area (Å²) in [5.41, 5.74) is 1.77.